The van der Waals surface area contributed by atoms with E-state index >= 15 is 0 Å². The molecule has 1 amide bonds. The predicted octanol–water partition coefficient (Wildman–Crippen LogP) is 10.4. The Labute approximate surface area is 470 Å². The Kier molecular flexibility index (Phi) is 43.9. The molecule has 2 fully saturated rings. The van der Waals surface area contributed by atoms with Crippen LogP contribution in [0.3, 0.4) is 0 Å². The molecule has 0 spiro atoms. The number of nitrogens with one attached hydrogen (secondary N) is 1. The average Bonchev–Trinajstić information content (AvgIpc) is 3.44. The smallest absolute Gasteiger partial charge is 0.220 e. The van der Waals surface area contributed by atoms with Gasteiger partial charge in [0.15, 0.2) is 12.6 Å². The Morgan fingerprint density at radius 1 is 0.474 bits per heavy atom. The largest absolute Gasteiger partial charge is 0.394 e. The maximum atomic E-state index is 13.3. The maximum absolute atomic E-state index is 13.3. The van der Waals surface area contributed by atoms with Gasteiger partial charge in [-0.15, -0.1) is 0 Å². The number of allylic oxidation sites excluding steroid dienone is 17. The number of ether oxygens (including phenoxy) is 4. The summed E-state index contributed by atoms with van der Waals surface area (Å²) in [6, 6.07) is -0.950. The van der Waals surface area contributed by atoms with E-state index in [0.717, 1.165) is 96.3 Å². The fourth-order valence-corrected chi connectivity index (χ4v) is 9.09. The van der Waals surface area contributed by atoms with Crippen molar-refractivity contribution in [1.29, 1.82) is 0 Å². The standard InChI is InChI=1S/C64H107NO13/c1-3-5-7-9-11-13-15-17-19-21-22-23-24-25-26-27-28-29-30-32-34-36-38-40-42-44-46-48-56(69)65-52(53(68)47-45-43-41-39-37-35-33-31-20-18-16-14-12-10-8-6-4-2)51-75-63-61(74)59(72)62(55(50-67)77-63)78-64-60(73)58(71)57(70)54(49-66)76-64/h5,7,11,13,17,19-20,22-23,25-26,28-29,31,37,39,45,47,52-55,57-64,66-68,70-74H,3-4,6,8-10,12,14-16,18,21,24,27,30,32-36,38,40-44,46,48-51H2,1-2H3,(H,65,69)/b7-5-,13-11-,19-17-,23-22-,26-25-,29-28-,31-20+,39-37+,47-45+. The van der Waals surface area contributed by atoms with Crippen LogP contribution in [0.25, 0.3) is 0 Å². The fraction of sp³-hybridized carbons (Fsp3) is 0.703. The first kappa shape index (κ1) is 70.8. The third-order valence-electron chi connectivity index (χ3n) is 13.9. The SMILES string of the molecule is CC/C=C\C/C=C\C/C=C\C/C=C\C/C=C\C/C=C\CCCCCCCCCCC(=O)NC(COC1OC(CO)C(OC2OC(CO)C(O)C(O)C2O)C(O)C1O)C(O)/C=C/CC/C=C/CC/C=C/CCCCCCCCC. The molecule has 0 bridgehead atoms. The van der Waals surface area contributed by atoms with Crippen molar-refractivity contribution in [3.63, 3.8) is 0 Å². The first-order chi connectivity index (χ1) is 38.1. The van der Waals surface area contributed by atoms with E-state index in [4.69, 9.17) is 18.9 Å². The lowest BCUT2D eigenvalue weighted by Crippen LogP contribution is -2.65. The van der Waals surface area contributed by atoms with Gasteiger partial charge in [-0.2, -0.15) is 0 Å². The van der Waals surface area contributed by atoms with Crippen molar-refractivity contribution < 1.29 is 64.6 Å². The zero-order valence-corrected chi connectivity index (χ0v) is 47.9. The molecule has 2 aliphatic heterocycles. The molecule has 0 aromatic rings. The van der Waals surface area contributed by atoms with Crippen LogP contribution in [0, 0.1) is 0 Å². The summed E-state index contributed by atoms with van der Waals surface area (Å²) in [5, 5.41) is 87.1. The number of hydrogen-bond donors (Lipinski definition) is 9. The van der Waals surface area contributed by atoms with E-state index in [0.29, 0.717) is 12.8 Å². The summed E-state index contributed by atoms with van der Waals surface area (Å²) in [5.41, 5.74) is 0. The van der Waals surface area contributed by atoms with E-state index < -0.39 is 86.8 Å². The van der Waals surface area contributed by atoms with Gasteiger partial charge in [0.25, 0.3) is 0 Å². The van der Waals surface area contributed by atoms with Crippen LogP contribution in [0.15, 0.2) is 109 Å². The molecule has 12 atom stereocenters. The van der Waals surface area contributed by atoms with Crippen molar-refractivity contribution in [2.75, 3.05) is 19.8 Å². The summed E-state index contributed by atoms with van der Waals surface area (Å²) in [5.74, 6) is -0.267. The molecule has 0 radical (unpaired) electrons. The summed E-state index contributed by atoms with van der Waals surface area (Å²) in [4.78, 5) is 13.3. The van der Waals surface area contributed by atoms with Crippen LogP contribution in [-0.2, 0) is 23.7 Å². The van der Waals surface area contributed by atoms with E-state index in [1.807, 2.05) is 6.08 Å². The van der Waals surface area contributed by atoms with E-state index in [2.05, 4.69) is 116 Å². The molecule has 14 heteroatoms. The lowest BCUT2D eigenvalue weighted by atomic mass is 9.97. The van der Waals surface area contributed by atoms with Crippen LogP contribution in [0.4, 0.5) is 0 Å². The zero-order valence-electron chi connectivity index (χ0n) is 47.9. The van der Waals surface area contributed by atoms with Crippen LogP contribution in [-0.4, -0.2) is 140 Å². The molecular weight excluding hydrogens is 991 g/mol. The molecule has 0 aliphatic carbocycles. The van der Waals surface area contributed by atoms with E-state index in [1.165, 1.54) is 64.2 Å². The minimum atomic E-state index is -1.80. The van der Waals surface area contributed by atoms with Crippen molar-refractivity contribution >= 4 is 5.91 Å². The fourth-order valence-electron chi connectivity index (χ4n) is 9.09. The molecule has 2 aliphatic rings. The Balaban J connectivity index is 1.77. The third kappa shape index (κ3) is 33.4. The minimum Gasteiger partial charge on any atom is -0.394 e. The second-order valence-corrected chi connectivity index (χ2v) is 20.7. The minimum absolute atomic E-state index is 0.253. The molecule has 12 unspecified atom stereocenters. The molecule has 2 heterocycles. The molecule has 446 valence electrons. The highest BCUT2D eigenvalue weighted by Gasteiger charge is 2.51. The molecule has 0 saturated carbocycles. The highest BCUT2D eigenvalue weighted by molar-refractivity contribution is 5.76. The van der Waals surface area contributed by atoms with Crippen molar-refractivity contribution in [2.24, 2.45) is 0 Å². The van der Waals surface area contributed by atoms with Crippen LogP contribution >= 0.6 is 0 Å². The van der Waals surface area contributed by atoms with Crippen LogP contribution in [0.1, 0.15) is 194 Å². The number of aliphatic hydroxyl groups is 8. The van der Waals surface area contributed by atoms with Crippen LogP contribution in [0.2, 0.25) is 0 Å². The zero-order chi connectivity index (χ0) is 56.7. The predicted molar refractivity (Wildman–Crippen MR) is 313 cm³/mol. The number of hydrogen-bond acceptors (Lipinski definition) is 13. The Hall–Kier alpha value is -3.35. The molecule has 14 nitrogen and oxygen atoms in total. The topological polar surface area (TPSA) is 228 Å². The molecule has 0 aromatic carbocycles. The Bertz CT molecular complexity index is 1720. The number of carbonyl (C=O) groups excluding carboxylic acids is 1. The second-order valence-electron chi connectivity index (χ2n) is 20.7. The van der Waals surface area contributed by atoms with Gasteiger partial charge < -0.3 is 65.1 Å². The number of rotatable bonds is 46. The quantitative estimate of drug-likeness (QED) is 0.0204. The highest BCUT2D eigenvalue weighted by atomic mass is 16.7. The van der Waals surface area contributed by atoms with Crippen molar-refractivity contribution in [3.05, 3.63) is 109 Å². The van der Waals surface area contributed by atoms with Gasteiger partial charge in [0.05, 0.1) is 32.0 Å². The van der Waals surface area contributed by atoms with Crippen LogP contribution in [0.5, 0.6) is 0 Å². The van der Waals surface area contributed by atoms with Gasteiger partial charge in [-0.05, 0) is 96.3 Å². The van der Waals surface area contributed by atoms with E-state index in [1.54, 1.807) is 6.08 Å². The van der Waals surface area contributed by atoms with E-state index in [9.17, 15) is 45.6 Å². The Morgan fingerprint density at radius 3 is 1.41 bits per heavy atom. The number of amides is 1. The summed E-state index contributed by atoms with van der Waals surface area (Å²) < 4.78 is 22.7. The average molecular weight is 1100 g/mol. The molecule has 0 aromatic heterocycles. The van der Waals surface area contributed by atoms with Crippen molar-refractivity contribution in [3.8, 4) is 0 Å². The monoisotopic (exact) mass is 1100 g/mol. The summed E-state index contributed by atoms with van der Waals surface area (Å²) >= 11 is 0. The number of unbranched alkanes of at least 4 members (excludes halogenated alkanes) is 17. The van der Waals surface area contributed by atoms with Gasteiger partial charge in [0, 0.05) is 6.42 Å². The molecule has 2 saturated heterocycles. The Morgan fingerprint density at radius 2 is 0.897 bits per heavy atom. The van der Waals surface area contributed by atoms with Gasteiger partial charge >= 0.3 is 0 Å². The summed E-state index contributed by atoms with van der Waals surface area (Å²) in [6.45, 7) is 2.63. The number of carbonyl (C=O) groups is 1. The summed E-state index contributed by atoms with van der Waals surface area (Å²) in [7, 11) is 0. The van der Waals surface area contributed by atoms with Gasteiger partial charge in [-0.3, -0.25) is 4.79 Å². The van der Waals surface area contributed by atoms with Crippen molar-refractivity contribution in [2.45, 2.75) is 267 Å². The van der Waals surface area contributed by atoms with Gasteiger partial charge in [-0.1, -0.05) is 200 Å². The first-order valence-electron chi connectivity index (χ1n) is 30.1. The van der Waals surface area contributed by atoms with Crippen molar-refractivity contribution in [1.82, 2.24) is 5.32 Å². The first-order valence-corrected chi connectivity index (χ1v) is 30.1. The highest BCUT2D eigenvalue weighted by Crippen LogP contribution is 2.30. The molecule has 78 heavy (non-hydrogen) atoms. The lowest BCUT2D eigenvalue weighted by Gasteiger charge is -2.46. The lowest BCUT2D eigenvalue weighted by molar-refractivity contribution is -0.359. The molecule has 2 rings (SSSR count). The van der Waals surface area contributed by atoms with Gasteiger partial charge in [-0.25, -0.2) is 0 Å². The van der Waals surface area contributed by atoms with Gasteiger partial charge in [0.2, 0.25) is 5.91 Å². The molecular formula is C64H107NO13. The van der Waals surface area contributed by atoms with E-state index in [-0.39, 0.29) is 18.9 Å². The van der Waals surface area contributed by atoms with Gasteiger partial charge in [0.1, 0.15) is 48.8 Å². The normalized spacial score (nSPS) is 25.4. The van der Waals surface area contributed by atoms with Crippen LogP contribution < -0.4 is 5.32 Å². The third-order valence-corrected chi connectivity index (χ3v) is 13.9. The second kappa shape index (κ2) is 48.4. The molecule has 9 N–H and O–H groups in total. The number of aliphatic hydroxyl groups excluding tert-OH is 8. The summed E-state index contributed by atoms with van der Waals surface area (Å²) in [6.07, 6.45) is 51.2. The maximum Gasteiger partial charge on any atom is 0.220 e.